The summed E-state index contributed by atoms with van der Waals surface area (Å²) in [5, 5.41) is 0. The minimum absolute atomic E-state index is 0.672. The van der Waals surface area contributed by atoms with Crippen molar-refractivity contribution in [3.8, 4) is 17.2 Å². The Kier molecular flexibility index (Phi) is 11.1. The number of aryl methyl sites for hydroxylation is 4. The van der Waals surface area contributed by atoms with E-state index in [-0.39, 0.29) is 0 Å². The molecule has 1 aliphatic heterocycles. The Bertz CT molecular complexity index is 1150. The zero-order valence-corrected chi connectivity index (χ0v) is 25.3. The number of methoxy groups -OCH3 is 3. The first kappa shape index (κ1) is 29.4. The van der Waals surface area contributed by atoms with Gasteiger partial charge in [0.1, 0.15) is 0 Å². The van der Waals surface area contributed by atoms with Crippen LogP contribution in [0.3, 0.4) is 0 Å². The summed E-state index contributed by atoms with van der Waals surface area (Å²) in [5.74, 6) is 2.90. The van der Waals surface area contributed by atoms with E-state index in [0.717, 1.165) is 62.8 Å². The summed E-state index contributed by atoms with van der Waals surface area (Å²) in [6.07, 6.45) is 6.03. The second kappa shape index (κ2) is 14.7. The van der Waals surface area contributed by atoms with Crippen molar-refractivity contribution in [1.29, 1.82) is 0 Å². The SMILES string of the molecule is COc1ccc(CN2CCN(CCC(C)CCc3ccc(CCc4ccc(C)cc4)s3)CC2)c(OC)c1OC. The van der Waals surface area contributed by atoms with Crippen LogP contribution in [-0.2, 0) is 25.8 Å². The highest BCUT2D eigenvalue weighted by atomic mass is 32.1. The van der Waals surface area contributed by atoms with E-state index in [9.17, 15) is 0 Å². The second-order valence-electron chi connectivity index (χ2n) is 10.9. The predicted molar refractivity (Wildman–Crippen MR) is 163 cm³/mol. The van der Waals surface area contributed by atoms with Gasteiger partial charge in [-0.3, -0.25) is 4.90 Å². The van der Waals surface area contributed by atoms with Gasteiger partial charge in [0.2, 0.25) is 5.75 Å². The molecular formula is C33H46N2O3S. The van der Waals surface area contributed by atoms with Crippen molar-refractivity contribution in [2.45, 2.75) is 52.5 Å². The molecule has 1 aliphatic rings. The molecule has 0 radical (unpaired) electrons. The van der Waals surface area contributed by atoms with E-state index in [0.29, 0.717) is 11.5 Å². The van der Waals surface area contributed by atoms with E-state index in [2.05, 4.69) is 66.1 Å². The van der Waals surface area contributed by atoms with Crippen LogP contribution in [0.15, 0.2) is 48.5 Å². The molecule has 0 aliphatic carbocycles. The maximum atomic E-state index is 5.69. The molecule has 5 nitrogen and oxygen atoms in total. The van der Waals surface area contributed by atoms with Gasteiger partial charge in [0.15, 0.2) is 11.5 Å². The number of hydrogen-bond donors (Lipinski definition) is 0. The molecule has 1 aromatic heterocycles. The van der Waals surface area contributed by atoms with Crippen molar-refractivity contribution in [3.05, 3.63) is 75.0 Å². The molecule has 4 rings (SSSR count). The summed E-state index contributed by atoms with van der Waals surface area (Å²) in [4.78, 5) is 8.20. The standard InChI is InChI=1S/C33H46N2O3S/c1-25-6-9-27(10-7-25)11-14-30-16-15-29(39-30)13-8-26(2)18-19-34-20-22-35(23-21-34)24-28-12-17-31(36-3)33(38-5)32(28)37-4/h6-7,9-10,12,15-17,26H,8,11,13-14,18-24H2,1-5H3. The fourth-order valence-corrected chi connectivity index (χ4v) is 6.38. The summed E-state index contributed by atoms with van der Waals surface area (Å²) in [7, 11) is 5.02. The van der Waals surface area contributed by atoms with Gasteiger partial charge in [-0.15, -0.1) is 11.3 Å². The Morgan fingerprint density at radius 2 is 1.38 bits per heavy atom. The Balaban J connectivity index is 1.14. The molecule has 6 heteroatoms. The molecule has 1 saturated heterocycles. The molecule has 0 spiro atoms. The van der Waals surface area contributed by atoms with Crippen LogP contribution < -0.4 is 14.2 Å². The van der Waals surface area contributed by atoms with Crippen molar-refractivity contribution < 1.29 is 14.2 Å². The summed E-state index contributed by atoms with van der Waals surface area (Å²) in [6.45, 7) is 11.0. The number of thiophene rings is 1. The molecule has 3 aromatic rings. The monoisotopic (exact) mass is 550 g/mol. The van der Waals surface area contributed by atoms with E-state index >= 15 is 0 Å². The van der Waals surface area contributed by atoms with Crippen molar-refractivity contribution in [3.63, 3.8) is 0 Å². The van der Waals surface area contributed by atoms with Gasteiger partial charge < -0.3 is 19.1 Å². The lowest BCUT2D eigenvalue weighted by atomic mass is 10.0. The van der Waals surface area contributed by atoms with Crippen molar-refractivity contribution in [2.24, 2.45) is 5.92 Å². The molecule has 2 heterocycles. The minimum Gasteiger partial charge on any atom is -0.493 e. The van der Waals surface area contributed by atoms with Crippen LogP contribution in [0.2, 0.25) is 0 Å². The number of hydrogen-bond acceptors (Lipinski definition) is 6. The molecule has 1 unspecified atom stereocenters. The van der Waals surface area contributed by atoms with E-state index in [1.165, 1.54) is 41.8 Å². The van der Waals surface area contributed by atoms with Crippen LogP contribution >= 0.6 is 11.3 Å². The molecule has 1 fully saturated rings. The summed E-state index contributed by atoms with van der Waals surface area (Å²) < 4.78 is 16.7. The Morgan fingerprint density at radius 1 is 0.718 bits per heavy atom. The van der Waals surface area contributed by atoms with Gasteiger partial charge in [0, 0.05) is 48.0 Å². The molecule has 1 atom stereocenters. The van der Waals surface area contributed by atoms with Gasteiger partial charge in [-0.05, 0) is 75.3 Å². The van der Waals surface area contributed by atoms with Crippen LogP contribution in [0.4, 0.5) is 0 Å². The predicted octanol–water partition coefficient (Wildman–Crippen LogP) is 6.64. The average Bonchev–Trinajstić information content (AvgIpc) is 3.43. The van der Waals surface area contributed by atoms with Gasteiger partial charge >= 0.3 is 0 Å². The number of nitrogens with zero attached hydrogens (tertiary/aromatic N) is 2. The highest BCUT2D eigenvalue weighted by Gasteiger charge is 2.21. The number of benzene rings is 2. The molecular weight excluding hydrogens is 504 g/mol. The lowest BCUT2D eigenvalue weighted by Gasteiger charge is -2.35. The normalized spacial score (nSPS) is 15.3. The maximum Gasteiger partial charge on any atom is 0.203 e. The van der Waals surface area contributed by atoms with E-state index in [1.807, 2.05) is 17.4 Å². The zero-order chi connectivity index (χ0) is 27.6. The average molecular weight is 551 g/mol. The summed E-state index contributed by atoms with van der Waals surface area (Å²) in [6, 6.07) is 17.7. The van der Waals surface area contributed by atoms with Gasteiger partial charge in [-0.2, -0.15) is 0 Å². The quantitative estimate of drug-likeness (QED) is 0.225. The second-order valence-corrected chi connectivity index (χ2v) is 12.2. The smallest absolute Gasteiger partial charge is 0.203 e. The summed E-state index contributed by atoms with van der Waals surface area (Å²) >= 11 is 2.01. The van der Waals surface area contributed by atoms with Gasteiger partial charge in [-0.25, -0.2) is 0 Å². The Morgan fingerprint density at radius 3 is 2.05 bits per heavy atom. The fourth-order valence-electron chi connectivity index (χ4n) is 5.35. The molecule has 0 amide bonds. The van der Waals surface area contributed by atoms with Crippen molar-refractivity contribution >= 4 is 11.3 Å². The number of ether oxygens (including phenoxy) is 3. The third-order valence-corrected chi connectivity index (χ3v) is 9.17. The maximum absolute atomic E-state index is 5.69. The number of piperazine rings is 1. The molecule has 0 saturated carbocycles. The molecule has 0 bridgehead atoms. The highest BCUT2D eigenvalue weighted by Crippen LogP contribution is 2.40. The first-order valence-electron chi connectivity index (χ1n) is 14.3. The van der Waals surface area contributed by atoms with Crippen molar-refractivity contribution in [1.82, 2.24) is 9.80 Å². The Hall–Kier alpha value is -2.54. The highest BCUT2D eigenvalue weighted by molar-refractivity contribution is 7.11. The van der Waals surface area contributed by atoms with Gasteiger partial charge in [0.25, 0.3) is 0 Å². The van der Waals surface area contributed by atoms with Gasteiger partial charge in [0.05, 0.1) is 21.3 Å². The first-order valence-corrected chi connectivity index (χ1v) is 15.2. The van der Waals surface area contributed by atoms with E-state index in [1.54, 1.807) is 26.2 Å². The molecule has 2 aromatic carbocycles. The molecule has 39 heavy (non-hydrogen) atoms. The van der Waals surface area contributed by atoms with Gasteiger partial charge in [-0.1, -0.05) is 42.8 Å². The Labute approximate surface area is 239 Å². The third kappa shape index (κ3) is 8.47. The van der Waals surface area contributed by atoms with Crippen LogP contribution in [0.25, 0.3) is 0 Å². The topological polar surface area (TPSA) is 34.2 Å². The molecule has 212 valence electrons. The minimum atomic E-state index is 0.672. The van der Waals surface area contributed by atoms with Crippen LogP contribution in [-0.4, -0.2) is 63.9 Å². The van der Waals surface area contributed by atoms with Crippen LogP contribution in [0.1, 0.15) is 46.2 Å². The largest absolute Gasteiger partial charge is 0.493 e. The summed E-state index contributed by atoms with van der Waals surface area (Å²) in [5.41, 5.74) is 3.91. The lowest BCUT2D eigenvalue weighted by molar-refractivity contribution is 0.121. The number of rotatable bonds is 14. The van der Waals surface area contributed by atoms with E-state index in [4.69, 9.17) is 14.2 Å². The van der Waals surface area contributed by atoms with Crippen LogP contribution in [0.5, 0.6) is 17.2 Å². The first-order chi connectivity index (χ1) is 19.0. The molecule has 0 N–H and O–H groups in total. The van der Waals surface area contributed by atoms with Crippen molar-refractivity contribution in [2.75, 3.05) is 54.1 Å². The zero-order valence-electron chi connectivity index (χ0n) is 24.5. The van der Waals surface area contributed by atoms with Crippen LogP contribution in [0, 0.1) is 12.8 Å². The fraction of sp³-hybridized carbons (Fsp3) is 0.515. The lowest BCUT2D eigenvalue weighted by Crippen LogP contribution is -2.46. The van der Waals surface area contributed by atoms with E-state index < -0.39 is 0 Å². The third-order valence-electron chi connectivity index (χ3n) is 7.96.